The Balaban J connectivity index is 1.39. The van der Waals surface area contributed by atoms with Gasteiger partial charge >= 0.3 is 5.97 Å². The average molecular weight is 574 g/mol. The van der Waals surface area contributed by atoms with Gasteiger partial charge in [0.25, 0.3) is 0 Å². The number of nitrogens with one attached hydrogen (secondary N) is 1. The van der Waals surface area contributed by atoms with Crippen molar-refractivity contribution in [2.75, 3.05) is 19.7 Å². The highest BCUT2D eigenvalue weighted by molar-refractivity contribution is 7.18. The third-order valence-electron chi connectivity index (χ3n) is 6.81. The van der Waals surface area contributed by atoms with E-state index in [4.69, 9.17) is 27.9 Å². The number of halogens is 2. The highest BCUT2D eigenvalue weighted by Gasteiger charge is 2.34. The zero-order valence-corrected chi connectivity index (χ0v) is 23.6. The molecule has 1 N–H and O–H groups in total. The van der Waals surface area contributed by atoms with Crippen molar-refractivity contribution < 1.29 is 19.1 Å². The molecule has 0 radical (unpaired) electrons. The van der Waals surface area contributed by atoms with Crippen molar-refractivity contribution in [1.82, 2.24) is 10.2 Å². The van der Waals surface area contributed by atoms with E-state index in [2.05, 4.69) is 5.32 Å². The maximum absolute atomic E-state index is 13.3. The molecule has 2 heterocycles. The van der Waals surface area contributed by atoms with Gasteiger partial charge in [0.05, 0.1) is 33.8 Å². The van der Waals surface area contributed by atoms with Crippen molar-refractivity contribution in [1.29, 1.82) is 0 Å². The molecule has 1 aliphatic heterocycles. The van der Waals surface area contributed by atoms with Crippen LogP contribution < -0.4 is 5.32 Å². The van der Waals surface area contributed by atoms with Gasteiger partial charge in [-0.1, -0.05) is 60.5 Å². The molecular formula is C29H30Cl2N2O4S. The summed E-state index contributed by atoms with van der Waals surface area (Å²) in [5, 5.41) is 6.90. The van der Waals surface area contributed by atoms with E-state index in [0.717, 1.165) is 15.6 Å². The van der Waals surface area contributed by atoms with Crippen molar-refractivity contribution in [3.8, 4) is 0 Å². The molecule has 0 aliphatic carbocycles. The fraction of sp³-hybridized carbons (Fsp3) is 0.345. The minimum atomic E-state index is -0.477. The number of benzene rings is 2. The molecule has 9 heteroatoms. The number of ether oxygens (including phenoxy) is 1. The molecule has 38 heavy (non-hydrogen) atoms. The number of piperidine rings is 1. The van der Waals surface area contributed by atoms with E-state index in [1.807, 2.05) is 54.8 Å². The Kier molecular flexibility index (Phi) is 9.47. The Morgan fingerprint density at radius 1 is 1.18 bits per heavy atom. The minimum absolute atomic E-state index is 0.0553. The van der Waals surface area contributed by atoms with Crippen LogP contribution in [0.5, 0.6) is 0 Å². The topological polar surface area (TPSA) is 75.7 Å². The van der Waals surface area contributed by atoms with Crippen LogP contribution >= 0.6 is 34.5 Å². The molecule has 2 amide bonds. The maximum atomic E-state index is 13.3. The van der Waals surface area contributed by atoms with Gasteiger partial charge in [-0.2, -0.15) is 0 Å². The Morgan fingerprint density at radius 3 is 2.66 bits per heavy atom. The third-order valence-corrected chi connectivity index (χ3v) is 8.75. The van der Waals surface area contributed by atoms with E-state index < -0.39 is 6.04 Å². The summed E-state index contributed by atoms with van der Waals surface area (Å²) in [4.78, 5) is 40.2. The molecule has 1 saturated heterocycles. The van der Waals surface area contributed by atoms with Crippen LogP contribution in [0, 0.1) is 11.8 Å². The third kappa shape index (κ3) is 6.57. The average Bonchev–Trinajstić information content (AvgIpc) is 3.38. The molecule has 200 valence electrons. The van der Waals surface area contributed by atoms with Gasteiger partial charge in [0.2, 0.25) is 11.8 Å². The molecule has 1 aromatic heterocycles. The molecule has 2 unspecified atom stereocenters. The first-order chi connectivity index (χ1) is 18.3. The first-order valence-electron chi connectivity index (χ1n) is 12.6. The summed E-state index contributed by atoms with van der Waals surface area (Å²) in [5.41, 5.74) is 1.53. The summed E-state index contributed by atoms with van der Waals surface area (Å²) in [6, 6.07) is 12.8. The number of rotatable bonds is 8. The molecule has 0 bridgehead atoms. The van der Waals surface area contributed by atoms with E-state index in [0.29, 0.717) is 35.1 Å². The Bertz CT molecular complexity index is 1340. The Labute approximate surface area is 236 Å². The summed E-state index contributed by atoms with van der Waals surface area (Å²) in [7, 11) is 0. The van der Waals surface area contributed by atoms with Gasteiger partial charge in [0.15, 0.2) is 0 Å². The number of esters is 1. The lowest BCUT2D eigenvalue weighted by molar-refractivity contribution is -0.144. The quantitative estimate of drug-likeness (QED) is 0.246. The number of nitrogens with zero attached hydrogens (tertiary/aromatic N) is 1. The van der Waals surface area contributed by atoms with Crippen LogP contribution in [0.4, 0.5) is 0 Å². The lowest BCUT2D eigenvalue weighted by atomic mass is 9.85. The standard InChI is InChI=1S/C29H30Cl2N2O4S/c1-3-37-25(35)16-23(19-7-5-4-6-8-19)32-29(36)22-11-13-33(17-18(22)2)24(34)10-9-20-15-21-12-14-38-28(21)27(31)26(20)30/h4-10,12,14-15,18,22-23H,3,11,13,16-17H2,1-2H3,(H,32,36)/b10-9+/t18?,22?,23-/m1/s1. The fourth-order valence-electron chi connectivity index (χ4n) is 4.79. The second-order valence-electron chi connectivity index (χ2n) is 9.40. The van der Waals surface area contributed by atoms with Crippen LogP contribution in [0.25, 0.3) is 16.2 Å². The van der Waals surface area contributed by atoms with Crippen molar-refractivity contribution in [3.05, 3.63) is 75.1 Å². The van der Waals surface area contributed by atoms with Crippen LogP contribution in [-0.4, -0.2) is 42.4 Å². The molecule has 1 aliphatic rings. The lowest BCUT2D eigenvalue weighted by Crippen LogP contribution is -2.47. The molecule has 6 nitrogen and oxygen atoms in total. The van der Waals surface area contributed by atoms with E-state index in [1.54, 1.807) is 17.9 Å². The fourth-order valence-corrected chi connectivity index (χ4v) is 6.23. The molecule has 1 fully saturated rings. The van der Waals surface area contributed by atoms with Crippen molar-refractivity contribution in [2.45, 2.75) is 32.7 Å². The normalized spacial score (nSPS) is 18.5. The van der Waals surface area contributed by atoms with Crippen LogP contribution in [0.15, 0.2) is 53.9 Å². The number of hydrogen-bond acceptors (Lipinski definition) is 5. The number of carbonyl (C=O) groups excluding carboxylic acids is 3. The summed E-state index contributed by atoms with van der Waals surface area (Å²) < 4.78 is 6.03. The zero-order valence-electron chi connectivity index (χ0n) is 21.3. The van der Waals surface area contributed by atoms with Crippen molar-refractivity contribution in [3.63, 3.8) is 0 Å². The summed E-state index contributed by atoms with van der Waals surface area (Å²) >= 11 is 14.4. The predicted octanol–water partition coefficient (Wildman–Crippen LogP) is 6.52. The minimum Gasteiger partial charge on any atom is -0.466 e. The summed E-state index contributed by atoms with van der Waals surface area (Å²) in [5.74, 6) is -0.950. The largest absolute Gasteiger partial charge is 0.466 e. The number of thiophene rings is 1. The maximum Gasteiger partial charge on any atom is 0.308 e. The van der Waals surface area contributed by atoms with E-state index in [9.17, 15) is 14.4 Å². The Hall–Kier alpha value is -2.87. The van der Waals surface area contributed by atoms with E-state index >= 15 is 0 Å². The smallest absolute Gasteiger partial charge is 0.308 e. The lowest BCUT2D eigenvalue weighted by Gasteiger charge is -2.36. The molecule has 0 spiro atoms. The number of likely N-dealkylation sites (tertiary alicyclic amines) is 1. The van der Waals surface area contributed by atoms with Crippen LogP contribution in [0.2, 0.25) is 10.0 Å². The second kappa shape index (κ2) is 12.8. The molecule has 0 saturated carbocycles. The summed E-state index contributed by atoms with van der Waals surface area (Å²) in [6.07, 6.45) is 3.79. The highest BCUT2D eigenvalue weighted by atomic mass is 35.5. The van der Waals surface area contributed by atoms with Gasteiger partial charge < -0.3 is 15.0 Å². The number of carbonyl (C=O) groups is 3. The second-order valence-corrected chi connectivity index (χ2v) is 11.1. The van der Waals surface area contributed by atoms with E-state index in [1.165, 1.54) is 17.4 Å². The monoisotopic (exact) mass is 572 g/mol. The summed E-state index contributed by atoms with van der Waals surface area (Å²) in [6.45, 7) is 4.92. The van der Waals surface area contributed by atoms with Crippen molar-refractivity contribution >= 4 is 68.5 Å². The molecule has 3 atom stereocenters. The predicted molar refractivity (Wildman–Crippen MR) is 153 cm³/mol. The van der Waals surface area contributed by atoms with Gasteiger partial charge in [-0.15, -0.1) is 11.3 Å². The number of amides is 2. The highest BCUT2D eigenvalue weighted by Crippen LogP contribution is 2.37. The Morgan fingerprint density at radius 2 is 1.95 bits per heavy atom. The molecule has 4 rings (SSSR count). The number of fused-ring (bicyclic) bond motifs is 1. The van der Waals surface area contributed by atoms with Crippen molar-refractivity contribution in [2.24, 2.45) is 11.8 Å². The SMILES string of the molecule is CCOC(=O)C[C@@H](NC(=O)C1CCN(C(=O)/C=C/c2cc3ccsc3c(Cl)c2Cl)CC1C)c1ccccc1. The van der Waals surface area contributed by atoms with Crippen LogP contribution in [-0.2, 0) is 19.1 Å². The first-order valence-corrected chi connectivity index (χ1v) is 14.2. The van der Waals surface area contributed by atoms with Gasteiger partial charge in [0.1, 0.15) is 0 Å². The van der Waals surface area contributed by atoms with Crippen LogP contribution in [0.3, 0.4) is 0 Å². The van der Waals surface area contributed by atoms with Gasteiger partial charge in [0, 0.05) is 25.1 Å². The number of hydrogen-bond donors (Lipinski definition) is 1. The molecule has 3 aromatic rings. The van der Waals surface area contributed by atoms with Gasteiger partial charge in [-0.3, -0.25) is 14.4 Å². The molecular weight excluding hydrogens is 543 g/mol. The zero-order chi connectivity index (χ0) is 27.2. The van der Waals surface area contributed by atoms with Crippen LogP contribution in [0.1, 0.15) is 43.9 Å². The van der Waals surface area contributed by atoms with Gasteiger partial charge in [-0.05, 0) is 59.4 Å². The first kappa shape index (κ1) is 28.1. The van der Waals surface area contributed by atoms with E-state index in [-0.39, 0.29) is 42.6 Å². The van der Waals surface area contributed by atoms with Gasteiger partial charge in [-0.25, -0.2) is 0 Å². The molecule has 2 aromatic carbocycles.